The molecule has 3 rings (SSSR count). The summed E-state index contributed by atoms with van der Waals surface area (Å²) < 4.78 is 10.3. The van der Waals surface area contributed by atoms with Crippen LogP contribution < -0.4 is 10.6 Å². The highest BCUT2D eigenvalue weighted by molar-refractivity contribution is 6.36. The molecule has 1 aliphatic carbocycles. The second-order valence-corrected chi connectivity index (χ2v) is 12.2. The number of nitrogens with one attached hydrogen (secondary N) is 2. The third-order valence-electron chi connectivity index (χ3n) is 8.22. The number of rotatable bonds is 15. The Labute approximate surface area is 255 Å². The summed E-state index contributed by atoms with van der Waals surface area (Å²) in [5.74, 6) is -3.19. The van der Waals surface area contributed by atoms with Crippen LogP contribution in [0.15, 0.2) is 30.3 Å². The van der Waals surface area contributed by atoms with E-state index in [1.807, 2.05) is 44.2 Å². The average molecular weight is 600 g/mol. The van der Waals surface area contributed by atoms with Gasteiger partial charge in [0.25, 0.3) is 5.78 Å². The van der Waals surface area contributed by atoms with Crippen molar-refractivity contribution in [2.45, 2.75) is 90.6 Å². The van der Waals surface area contributed by atoms with E-state index in [-0.39, 0.29) is 30.8 Å². The molecule has 0 spiro atoms. The van der Waals surface area contributed by atoms with Crippen LogP contribution in [0.2, 0.25) is 0 Å². The van der Waals surface area contributed by atoms with Crippen molar-refractivity contribution < 1.29 is 33.4 Å². The number of benzene rings is 1. The molecule has 0 unspecified atom stereocenters. The topological polar surface area (TPSA) is 131 Å². The van der Waals surface area contributed by atoms with Crippen LogP contribution in [0.5, 0.6) is 0 Å². The molecule has 2 fully saturated rings. The Hall–Kier alpha value is -3.27. The number of carbonyl (C=O) groups excluding carboxylic acids is 5. The van der Waals surface area contributed by atoms with Gasteiger partial charge in [-0.25, -0.2) is 4.79 Å². The molecular formula is C33H49N3O7. The summed E-state index contributed by atoms with van der Waals surface area (Å²) >= 11 is 0. The number of hydrogen-bond acceptors (Lipinski definition) is 7. The molecule has 238 valence electrons. The van der Waals surface area contributed by atoms with Crippen molar-refractivity contribution in [3.8, 4) is 0 Å². The maximum Gasteiger partial charge on any atom is 0.376 e. The number of ketones is 1. The molecule has 1 saturated heterocycles. The van der Waals surface area contributed by atoms with Crippen LogP contribution in [-0.4, -0.2) is 79.4 Å². The third-order valence-corrected chi connectivity index (χ3v) is 8.22. The van der Waals surface area contributed by atoms with E-state index < -0.39 is 41.6 Å². The van der Waals surface area contributed by atoms with Crippen molar-refractivity contribution in [3.63, 3.8) is 0 Å². The predicted molar refractivity (Wildman–Crippen MR) is 162 cm³/mol. The smallest absolute Gasteiger partial charge is 0.376 e. The van der Waals surface area contributed by atoms with E-state index >= 15 is 0 Å². The van der Waals surface area contributed by atoms with Crippen molar-refractivity contribution in [2.24, 2.45) is 17.8 Å². The highest BCUT2D eigenvalue weighted by atomic mass is 16.5. The Balaban J connectivity index is 1.77. The van der Waals surface area contributed by atoms with E-state index in [1.165, 1.54) is 0 Å². The first-order valence-corrected chi connectivity index (χ1v) is 15.9. The lowest BCUT2D eigenvalue weighted by Crippen LogP contribution is -2.54. The van der Waals surface area contributed by atoms with E-state index in [0.29, 0.717) is 45.6 Å². The Bertz CT molecular complexity index is 1070. The summed E-state index contributed by atoms with van der Waals surface area (Å²) in [7, 11) is 0. The zero-order chi connectivity index (χ0) is 31.2. The van der Waals surface area contributed by atoms with Crippen molar-refractivity contribution in [1.29, 1.82) is 0 Å². The highest BCUT2D eigenvalue weighted by Crippen LogP contribution is 2.28. The van der Waals surface area contributed by atoms with Gasteiger partial charge in [-0.1, -0.05) is 76.3 Å². The molecule has 1 heterocycles. The number of hydrogen-bond donors (Lipinski definition) is 2. The minimum atomic E-state index is -1.02. The third kappa shape index (κ3) is 11.4. The van der Waals surface area contributed by atoms with Crippen LogP contribution in [0.25, 0.3) is 0 Å². The lowest BCUT2D eigenvalue weighted by molar-refractivity contribution is -0.155. The second kappa shape index (κ2) is 17.8. The van der Waals surface area contributed by atoms with Crippen molar-refractivity contribution >= 4 is 29.5 Å². The first kappa shape index (κ1) is 34.2. The fourth-order valence-corrected chi connectivity index (χ4v) is 5.91. The summed E-state index contributed by atoms with van der Waals surface area (Å²) in [6.45, 7) is 7.46. The van der Waals surface area contributed by atoms with Crippen molar-refractivity contribution in [1.82, 2.24) is 15.5 Å². The standard InChI is InChI=1S/C33H49N3O7/c1-4-43-33(41)30(38)27(21-25-13-9-6-10-14-25)34-32(40)28(19-23(2)3)35-31(39)26(20-24-11-7-5-8-12-24)22-29(37)36-15-17-42-18-16-36/h5,7-8,11-12,23,25-28H,4,6,9-10,13-22H2,1-3H3,(H,34,40)(H,35,39)/t26-,27+,28-/m0/s1. The van der Waals surface area contributed by atoms with Crippen molar-refractivity contribution in [3.05, 3.63) is 35.9 Å². The minimum absolute atomic E-state index is 0.00238. The number of nitrogens with zero attached hydrogens (tertiary/aromatic N) is 1. The molecule has 10 heteroatoms. The molecule has 0 radical (unpaired) electrons. The number of Topliss-reactive ketones (excluding diaryl/α,β-unsaturated/α-hetero) is 1. The Morgan fingerprint density at radius 2 is 1.58 bits per heavy atom. The minimum Gasteiger partial charge on any atom is -0.460 e. The summed E-state index contributed by atoms with van der Waals surface area (Å²) in [6.07, 6.45) is 6.15. The van der Waals surface area contributed by atoms with Crippen LogP contribution in [0.3, 0.4) is 0 Å². The molecule has 3 atom stereocenters. The first-order valence-electron chi connectivity index (χ1n) is 15.9. The molecule has 43 heavy (non-hydrogen) atoms. The number of esters is 1. The fraction of sp³-hybridized carbons (Fsp3) is 0.667. The number of amides is 3. The average Bonchev–Trinajstić information content (AvgIpc) is 3.01. The molecule has 1 aromatic carbocycles. The maximum absolute atomic E-state index is 13.8. The molecule has 2 aliphatic rings. The molecule has 3 amide bonds. The van der Waals surface area contributed by atoms with E-state index in [0.717, 1.165) is 37.7 Å². The van der Waals surface area contributed by atoms with Gasteiger partial charge in [-0.15, -0.1) is 0 Å². The number of ether oxygens (including phenoxy) is 2. The second-order valence-electron chi connectivity index (χ2n) is 12.2. The van der Waals surface area contributed by atoms with Gasteiger partial charge in [-0.3, -0.25) is 19.2 Å². The lowest BCUT2D eigenvalue weighted by Gasteiger charge is -2.30. The van der Waals surface area contributed by atoms with Crippen LogP contribution >= 0.6 is 0 Å². The summed E-state index contributed by atoms with van der Waals surface area (Å²) in [6, 6.07) is 7.52. The van der Waals surface area contributed by atoms with Gasteiger partial charge in [-0.2, -0.15) is 0 Å². The first-order chi connectivity index (χ1) is 20.7. The van der Waals surface area contributed by atoms with Gasteiger partial charge in [0.2, 0.25) is 17.7 Å². The Kier molecular flexibility index (Phi) is 14.1. The van der Waals surface area contributed by atoms with Gasteiger partial charge in [0.1, 0.15) is 6.04 Å². The number of morpholine rings is 1. The van der Waals surface area contributed by atoms with Gasteiger partial charge in [-0.05, 0) is 43.6 Å². The van der Waals surface area contributed by atoms with Gasteiger partial charge in [0.05, 0.1) is 31.8 Å². The molecule has 2 N–H and O–H groups in total. The SMILES string of the molecule is CCOC(=O)C(=O)[C@@H](CC1CCCCC1)NC(=O)[C@H](CC(C)C)NC(=O)[C@H](CC(=O)N1CCOCC1)Cc1ccccc1. The summed E-state index contributed by atoms with van der Waals surface area (Å²) in [5, 5.41) is 5.71. The fourth-order valence-electron chi connectivity index (χ4n) is 5.91. The van der Waals surface area contributed by atoms with Crippen LogP contribution in [0, 0.1) is 17.8 Å². The van der Waals surface area contributed by atoms with E-state index in [9.17, 15) is 24.0 Å². The normalized spacial score (nSPS) is 17.9. The molecule has 1 saturated carbocycles. The highest BCUT2D eigenvalue weighted by Gasteiger charge is 2.35. The quantitative estimate of drug-likeness (QED) is 0.234. The van der Waals surface area contributed by atoms with Crippen molar-refractivity contribution in [2.75, 3.05) is 32.9 Å². The van der Waals surface area contributed by atoms with Crippen LogP contribution in [-0.2, 0) is 39.9 Å². The van der Waals surface area contributed by atoms with Gasteiger partial charge in [0, 0.05) is 19.5 Å². The Morgan fingerprint density at radius 1 is 0.930 bits per heavy atom. The molecule has 1 aromatic rings. The summed E-state index contributed by atoms with van der Waals surface area (Å²) in [5.41, 5.74) is 0.912. The summed E-state index contributed by atoms with van der Waals surface area (Å²) in [4.78, 5) is 67.8. The van der Waals surface area contributed by atoms with E-state index in [2.05, 4.69) is 10.6 Å². The molecule has 0 aromatic heterocycles. The van der Waals surface area contributed by atoms with Crippen LogP contribution in [0.1, 0.15) is 77.7 Å². The molecule has 0 bridgehead atoms. The zero-order valence-corrected chi connectivity index (χ0v) is 26.0. The largest absolute Gasteiger partial charge is 0.460 e. The molecular weight excluding hydrogens is 550 g/mol. The zero-order valence-electron chi connectivity index (χ0n) is 26.0. The predicted octanol–water partition coefficient (Wildman–Crippen LogP) is 3.21. The maximum atomic E-state index is 13.8. The van der Waals surface area contributed by atoms with Gasteiger partial charge < -0.3 is 25.0 Å². The van der Waals surface area contributed by atoms with E-state index in [1.54, 1.807) is 11.8 Å². The monoisotopic (exact) mass is 599 g/mol. The number of carbonyl (C=O) groups is 5. The van der Waals surface area contributed by atoms with Gasteiger partial charge >= 0.3 is 5.97 Å². The molecule has 1 aliphatic heterocycles. The van der Waals surface area contributed by atoms with Crippen LogP contribution in [0.4, 0.5) is 0 Å². The van der Waals surface area contributed by atoms with E-state index in [4.69, 9.17) is 9.47 Å². The Morgan fingerprint density at radius 3 is 2.21 bits per heavy atom. The lowest BCUT2D eigenvalue weighted by atomic mass is 9.84. The molecule has 10 nitrogen and oxygen atoms in total. The van der Waals surface area contributed by atoms with Gasteiger partial charge in [0.15, 0.2) is 0 Å².